The molecule has 0 aliphatic carbocycles. The summed E-state index contributed by atoms with van der Waals surface area (Å²) in [6.07, 6.45) is 1.68. The lowest BCUT2D eigenvalue weighted by Gasteiger charge is -2.05. The van der Waals surface area contributed by atoms with Crippen LogP contribution in [0.25, 0.3) is 17.3 Å². The minimum Gasteiger partial charge on any atom is -0.507 e. The minimum atomic E-state index is -0.151. The number of thioether (sulfide) groups is 1. The number of carbonyl (C=O) groups is 1. The number of aromatic hydroxyl groups is 1. The molecule has 1 aromatic heterocycles. The van der Waals surface area contributed by atoms with Crippen LogP contribution in [0.2, 0.25) is 0 Å². The molecule has 0 atom stereocenters. The third kappa shape index (κ3) is 3.65. The van der Waals surface area contributed by atoms with Crippen LogP contribution in [0.1, 0.15) is 5.56 Å². The molecule has 1 saturated heterocycles. The molecular weight excluding hydrogens is 378 g/mol. The first kappa shape index (κ1) is 17.5. The van der Waals surface area contributed by atoms with Crippen LogP contribution in [0.4, 0.5) is 5.13 Å². The van der Waals surface area contributed by atoms with Crippen molar-refractivity contribution >= 4 is 45.4 Å². The summed E-state index contributed by atoms with van der Waals surface area (Å²) >= 11 is 2.71. The molecule has 0 unspecified atom stereocenters. The van der Waals surface area contributed by atoms with Crippen LogP contribution in [-0.2, 0) is 4.79 Å². The first-order chi connectivity index (χ1) is 13.1. The maximum absolute atomic E-state index is 12.5. The van der Waals surface area contributed by atoms with Gasteiger partial charge < -0.3 is 5.11 Å². The van der Waals surface area contributed by atoms with Gasteiger partial charge in [-0.15, -0.1) is 11.3 Å². The molecule has 5 nitrogen and oxygen atoms in total. The third-order valence-corrected chi connectivity index (χ3v) is 5.77. The fraction of sp³-hybridized carbons (Fsp3) is 0.0500. The van der Waals surface area contributed by atoms with Crippen LogP contribution < -0.4 is 0 Å². The Bertz CT molecular complexity index is 1060. The second-order valence-corrected chi connectivity index (χ2v) is 7.66. The Morgan fingerprint density at radius 3 is 2.63 bits per heavy atom. The standard InChI is InChI=1S/C20H15N3O2S2/c1-23-18(25)17(11-14-9-5-6-10-16(14)24)27-20(23)22-19-21-15(12-26-19)13-7-3-2-4-8-13/h2-12,24H,1H3/b17-11-,22-20+. The quantitative estimate of drug-likeness (QED) is 0.652. The topological polar surface area (TPSA) is 65.8 Å². The number of hydrogen-bond acceptors (Lipinski definition) is 6. The summed E-state index contributed by atoms with van der Waals surface area (Å²) < 4.78 is 0. The summed E-state index contributed by atoms with van der Waals surface area (Å²) in [4.78, 5) is 23.6. The summed E-state index contributed by atoms with van der Waals surface area (Å²) in [5.41, 5.74) is 2.49. The average molecular weight is 393 g/mol. The highest BCUT2D eigenvalue weighted by Gasteiger charge is 2.30. The van der Waals surface area contributed by atoms with E-state index in [1.54, 1.807) is 31.3 Å². The number of aromatic nitrogens is 1. The van der Waals surface area contributed by atoms with E-state index in [2.05, 4.69) is 9.98 Å². The van der Waals surface area contributed by atoms with Crippen molar-refractivity contribution in [3.8, 4) is 17.0 Å². The van der Waals surface area contributed by atoms with E-state index in [0.717, 1.165) is 11.3 Å². The van der Waals surface area contributed by atoms with Gasteiger partial charge >= 0.3 is 0 Å². The van der Waals surface area contributed by atoms with Crippen LogP contribution in [0.3, 0.4) is 0 Å². The number of amides is 1. The van der Waals surface area contributed by atoms with Gasteiger partial charge in [0.25, 0.3) is 5.91 Å². The zero-order chi connectivity index (χ0) is 18.8. The first-order valence-corrected chi connectivity index (χ1v) is 9.86. The van der Waals surface area contributed by atoms with Crippen LogP contribution in [0, 0.1) is 0 Å². The van der Waals surface area contributed by atoms with Crippen molar-refractivity contribution in [2.24, 2.45) is 4.99 Å². The maximum Gasteiger partial charge on any atom is 0.266 e. The summed E-state index contributed by atoms with van der Waals surface area (Å²) in [6.45, 7) is 0. The van der Waals surface area contributed by atoms with Crippen molar-refractivity contribution in [3.05, 3.63) is 70.4 Å². The fourth-order valence-corrected chi connectivity index (χ4v) is 4.25. The molecule has 0 saturated carbocycles. The van der Waals surface area contributed by atoms with Gasteiger partial charge in [0.15, 0.2) is 5.17 Å². The number of para-hydroxylation sites is 1. The van der Waals surface area contributed by atoms with E-state index in [1.807, 2.05) is 41.8 Å². The number of rotatable bonds is 3. The number of thiazole rings is 1. The van der Waals surface area contributed by atoms with E-state index >= 15 is 0 Å². The summed E-state index contributed by atoms with van der Waals surface area (Å²) in [7, 11) is 1.69. The number of phenolic OH excluding ortho intramolecular Hbond substituents is 1. The second-order valence-electron chi connectivity index (χ2n) is 5.81. The summed E-state index contributed by atoms with van der Waals surface area (Å²) in [6, 6.07) is 16.8. The Kier molecular flexibility index (Phi) is 4.79. The predicted molar refractivity (Wildman–Crippen MR) is 111 cm³/mol. The second kappa shape index (κ2) is 7.38. The normalized spacial score (nSPS) is 17.2. The van der Waals surface area contributed by atoms with E-state index < -0.39 is 0 Å². The molecule has 1 amide bonds. The van der Waals surface area contributed by atoms with Gasteiger partial charge in [-0.3, -0.25) is 9.69 Å². The van der Waals surface area contributed by atoms with Gasteiger partial charge in [-0.2, -0.15) is 4.99 Å². The summed E-state index contributed by atoms with van der Waals surface area (Å²) in [5, 5.41) is 13.0. The molecule has 7 heteroatoms. The number of carbonyl (C=O) groups excluding carboxylic acids is 1. The van der Waals surface area contributed by atoms with Crippen LogP contribution >= 0.6 is 23.1 Å². The molecule has 134 valence electrons. The molecule has 1 N–H and O–H groups in total. The first-order valence-electron chi connectivity index (χ1n) is 8.17. The molecule has 1 aliphatic heterocycles. The number of hydrogen-bond donors (Lipinski definition) is 1. The lowest BCUT2D eigenvalue weighted by atomic mass is 10.2. The fourth-order valence-electron chi connectivity index (χ4n) is 2.54. The monoisotopic (exact) mass is 393 g/mol. The molecule has 1 fully saturated rings. The molecule has 1 aliphatic rings. The van der Waals surface area contributed by atoms with Crippen LogP contribution in [-0.4, -0.2) is 33.1 Å². The number of benzene rings is 2. The van der Waals surface area contributed by atoms with Gasteiger partial charge in [-0.1, -0.05) is 48.5 Å². The predicted octanol–water partition coefficient (Wildman–Crippen LogP) is 4.75. The number of likely N-dealkylation sites (N-methyl/N-ethyl adjacent to an activating group) is 1. The van der Waals surface area contributed by atoms with E-state index in [9.17, 15) is 9.90 Å². The molecule has 2 heterocycles. The lowest BCUT2D eigenvalue weighted by Crippen LogP contribution is -2.23. The van der Waals surface area contributed by atoms with Crippen molar-refractivity contribution in [2.45, 2.75) is 0 Å². The van der Waals surface area contributed by atoms with Crippen molar-refractivity contribution in [1.82, 2.24) is 9.88 Å². The van der Waals surface area contributed by atoms with E-state index in [-0.39, 0.29) is 11.7 Å². The molecule has 27 heavy (non-hydrogen) atoms. The molecular formula is C20H15N3O2S2. The SMILES string of the molecule is CN1C(=O)/C(=C/c2ccccc2O)S/C1=N/c1nc(-c2ccccc2)cs1. The maximum atomic E-state index is 12.5. The Labute approximate surface area is 164 Å². The highest BCUT2D eigenvalue weighted by Crippen LogP contribution is 2.35. The molecule has 3 aromatic rings. The Hall–Kier alpha value is -2.90. The number of aliphatic imine (C=N–C) groups is 1. The van der Waals surface area contributed by atoms with Gasteiger partial charge in [0, 0.05) is 23.6 Å². The number of amidine groups is 1. The van der Waals surface area contributed by atoms with Crippen molar-refractivity contribution in [3.63, 3.8) is 0 Å². The van der Waals surface area contributed by atoms with E-state index in [1.165, 1.54) is 28.0 Å². The number of nitrogens with zero attached hydrogens (tertiary/aromatic N) is 3. The van der Waals surface area contributed by atoms with Gasteiger partial charge in [0.1, 0.15) is 5.75 Å². The van der Waals surface area contributed by atoms with Gasteiger partial charge in [0.2, 0.25) is 5.13 Å². The molecule has 0 radical (unpaired) electrons. The van der Waals surface area contributed by atoms with Gasteiger partial charge in [-0.05, 0) is 23.9 Å². The Morgan fingerprint density at radius 2 is 1.85 bits per heavy atom. The molecule has 0 spiro atoms. The largest absolute Gasteiger partial charge is 0.507 e. The minimum absolute atomic E-state index is 0.138. The Balaban J connectivity index is 1.61. The third-order valence-electron chi connectivity index (χ3n) is 3.98. The van der Waals surface area contributed by atoms with Crippen LogP contribution in [0.5, 0.6) is 5.75 Å². The van der Waals surface area contributed by atoms with Crippen molar-refractivity contribution < 1.29 is 9.90 Å². The highest BCUT2D eigenvalue weighted by molar-refractivity contribution is 8.18. The zero-order valence-corrected chi connectivity index (χ0v) is 16.0. The smallest absolute Gasteiger partial charge is 0.266 e. The van der Waals surface area contributed by atoms with Crippen molar-refractivity contribution in [2.75, 3.05) is 7.05 Å². The molecule has 0 bridgehead atoms. The lowest BCUT2D eigenvalue weighted by molar-refractivity contribution is -0.121. The zero-order valence-electron chi connectivity index (χ0n) is 14.4. The highest BCUT2D eigenvalue weighted by atomic mass is 32.2. The molecule has 2 aromatic carbocycles. The van der Waals surface area contributed by atoms with Crippen molar-refractivity contribution in [1.29, 1.82) is 0 Å². The molecule has 4 rings (SSSR count). The summed E-state index contributed by atoms with van der Waals surface area (Å²) in [5.74, 6) is -0.0132. The van der Waals surface area contributed by atoms with Gasteiger partial charge in [-0.25, -0.2) is 4.98 Å². The average Bonchev–Trinajstić information content (AvgIpc) is 3.25. The van der Waals surface area contributed by atoms with E-state index in [4.69, 9.17) is 0 Å². The van der Waals surface area contributed by atoms with Crippen LogP contribution in [0.15, 0.2) is 69.9 Å². The van der Waals surface area contributed by atoms with Gasteiger partial charge in [0.05, 0.1) is 10.6 Å². The van der Waals surface area contributed by atoms with E-state index in [0.29, 0.717) is 20.8 Å². The number of phenols is 1. The Morgan fingerprint density at radius 1 is 1.11 bits per heavy atom.